The fourth-order valence-corrected chi connectivity index (χ4v) is 3.07. The molecule has 0 aliphatic carbocycles. The number of aromatic nitrogens is 1. The van der Waals surface area contributed by atoms with Crippen LogP contribution in [-0.4, -0.2) is 29.0 Å². The summed E-state index contributed by atoms with van der Waals surface area (Å²) in [5.74, 6) is -0.140. The minimum Gasteiger partial charge on any atom is -0.438 e. The number of para-hydroxylation sites is 2. The minimum atomic E-state index is -0.571. The van der Waals surface area contributed by atoms with Crippen molar-refractivity contribution in [3.05, 3.63) is 64.8 Å². The van der Waals surface area contributed by atoms with Crippen LogP contribution >= 0.6 is 11.6 Å². The fourth-order valence-electron chi connectivity index (χ4n) is 2.88. The van der Waals surface area contributed by atoms with Gasteiger partial charge >= 0.3 is 6.03 Å². The quantitative estimate of drug-likeness (QED) is 0.786. The smallest absolute Gasteiger partial charge is 0.318 e. The third-order valence-electron chi connectivity index (χ3n) is 4.01. The van der Waals surface area contributed by atoms with Crippen LogP contribution in [0.1, 0.15) is 17.5 Å². The van der Waals surface area contributed by atoms with E-state index in [0.29, 0.717) is 35.6 Å². The first-order chi connectivity index (χ1) is 11.6. The van der Waals surface area contributed by atoms with Gasteiger partial charge in [-0.1, -0.05) is 29.8 Å². The molecular weight excluding hydrogens is 333 g/mol. The van der Waals surface area contributed by atoms with Crippen LogP contribution in [0.2, 0.25) is 5.02 Å². The molecule has 0 radical (unpaired) electrons. The Kier molecular flexibility index (Phi) is 3.61. The minimum absolute atomic E-state index is 0.00628. The Morgan fingerprint density at radius 2 is 2.12 bits per heavy atom. The van der Waals surface area contributed by atoms with Crippen molar-refractivity contribution in [1.82, 2.24) is 15.2 Å². The van der Waals surface area contributed by atoms with Crippen molar-refractivity contribution < 1.29 is 13.6 Å². The highest BCUT2D eigenvalue weighted by Crippen LogP contribution is 2.33. The first-order valence-corrected chi connectivity index (χ1v) is 7.86. The number of benzene rings is 2. The molecular formula is C17H13ClFN3O2. The van der Waals surface area contributed by atoms with Gasteiger partial charge in [0.25, 0.3) is 0 Å². The van der Waals surface area contributed by atoms with Gasteiger partial charge in [0.1, 0.15) is 17.4 Å². The summed E-state index contributed by atoms with van der Waals surface area (Å²) in [6.07, 6.45) is 0. The summed E-state index contributed by atoms with van der Waals surface area (Å²) in [6.45, 7) is 1.03. The Morgan fingerprint density at radius 3 is 2.83 bits per heavy atom. The largest absolute Gasteiger partial charge is 0.438 e. The normalized spacial score (nSPS) is 15.8. The SMILES string of the molecule is O=C1NCCN1[C@@H](c1ccc(F)c(Cl)c1)c1nc2ccccc2o1. The van der Waals surface area contributed by atoms with E-state index in [1.807, 2.05) is 24.3 Å². The Hall–Kier alpha value is -2.60. The molecule has 1 aliphatic rings. The number of carbonyl (C=O) groups excluding carboxylic acids is 1. The van der Waals surface area contributed by atoms with Crippen LogP contribution in [0.4, 0.5) is 9.18 Å². The second kappa shape index (κ2) is 5.79. The maximum Gasteiger partial charge on any atom is 0.318 e. The molecule has 1 fully saturated rings. The summed E-state index contributed by atoms with van der Waals surface area (Å²) in [4.78, 5) is 18.3. The molecule has 0 bridgehead atoms. The highest BCUT2D eigenvalue weighted by molar-refractivity contribution is 6.30. The van der Waals surface area contributed by atoms with E-state index in [-0.39, 0.29) is 11.1 Å². The van der Waals surface area contributed by atoms with Crippen molar-refractivity contribution in [3.63, 3.8) is 0 Å². The molecule has 0 spiro atoms. The molecule has 1 saturated heterocycles. The van der Waals surface area contributed by atoms with E-state index in [4.69, 9.17) is 16.0 Å². The predicted molar refractivity (Wildman–Crippen MR) is 87.4 cm³/mol. The molecule has 0 unspecified atom stereocenters. The van der Waals surface area contributed by atoms with Gasteiger partial charge in [-0.25, -0.2) is 14.2 Å². The lowest BCUT2D eigenvalue weighted by atomic mass is 10.1. The lowest BCUT2D eigenvalue weighted by molar-refractivity contribution is 0.199. The second-order valence-corrected chi connectivity index (χ2v) is 5.93. The summed E-state index contributed by atoms with van der Waals surface area (Å²) in [6, 6.07) is 10.9. The number of halogens is 2. The van der Waals surface area contributed by atoms with Gasteiger partial charge < -0.3 is 14.6 Å². The molecule has 0 saturated carbocycles. The van der Waals surface area contributed by atoms with E-state index < -0.39 is 11.9 Å². The summed E-state index contributed by atoms with van der Waals surface area (Å²) in [5, 5.41) is 2.75. The zero-order valence-corrected chi connectivity index (χ0v) is 13.3. The number of fused-ring (bicyclic) bond motifs is 1. The van der Waals surface area contributed by atoms with E-state index >= 15 is 0 Å². The average molecular weight is 346 g/mol. The lowest BCUT2D eigenvalue weighted by Gasteiger charge is -2.24. The molecule has 122 valence electrons. The van der Waals surface area contributed by atoms with Crippen LogP contribution in [0.25, 0.3) is 11.1 Å². The molecule has 2 amide bonds. The van der Waals surface area contributed by atoms with E-state index in [2.05, 4.69) is 10.3 Å². The number of carbonyl (C=O) groups is 1. The van der Waals surface area contributed by atoms with Crippen molar-refractivity contribution in [2.45, 2.75) is 6.04 Å². The average Bonchev–Trinajstić information content (AvgIpc) is 3.18. The maximum absolute atomic E-state index is 13.5. The van der Waals surface area contributed by atoms with Crippen molar-refractivity contribution >= 4 is 28.7 Å². The van der Waals surface area contributed by atoms with Crippen LogP contribution in [0.5, 0.6) is 0 Å². The van der Waals surface area contributed by atoms with E-state index in [1.165, 1.54) is 12.1 Å². The summed E-state index contributed by atoms with van der Waals surface area (Å²) in [5.41, 5.74) is 1.97. The molecule has 1 N–H and O–H groups in total. The third kappa shape index (κ3) is 2.49. The zero-order chi connectivity index (χ0) is 16.7. The topological polar surface area (TPSA) is 58.4 Å². The molecule has 1 atom stereocenters. The number of hydrogen-bond acceptors (Lipinski definition) is 3. The number of hydrogen-bond donors (Lipinski definition) is 1. The second-order valence-electron chi connectivity index (χ2n) is 5.52. The third-order valence-corrected chi connectivity index (χ3v) is 4.29. The first kappa shape index (κ1) is 15.0. The highest BCUT2D eigenvalue weighted by atomic mass is 35.5. The molecule has 2 heterocycles. The van der Waals surface area contributed by atoms with Crippen molar-refractivity contribution in [1.29, 1.82) is 0 Å². The van der Waals surface area contributed by atoms with Crippen LogP contribution < -0.4 is 5.32 Å². The van der Waals surface area contributed by atoms with Crippen molar-refractivity contribution in [2.75, 3.05) is 13.1 Å². The first-order valence-electron chi connectivity index (χ1n) is 7.48. The lowest BCUT2D eigenvalue weighted by Crippen LogP contribution is -2.33. The molecule has 4 rings (SSSR count). The monoisotopic (exact) mass is 345 g/mol. The Morgan fingerprint density at radius 1 is 1.29 bits per heavy atom. The Bertz CT molecular complexity index is 894. The van der Waals surface area contributed by atoms with Crippen LogP contribution in [0.3, 0.4) is 0 Å². The fraction of sp³-hybridized carbons (Fsp3) is 0.176. The van der Waals surface area contributed by atoms with Gasteiger partial charge in [0.05, 0.1) is 5.02 Å². The molecule has 1 aromatic heterocycles. The van der Waals surface area contributed by atoms with Crippen LogP contribution in [-0.2, 0) is 0 Å². The molecule has 2 aromatic carbocycles. The molecule has 1 aliphatic heterocycles. The van der Waals surface area contributed by atoms with E-state index in [9.17, 15) is 9.18 Å². The Labute approximate surface area is 142 Å². The maximum atomic E-state index is 13.5. The van der Waals surface area contributed by atoms with Gasteiger partial charge in [-0.3, -0.25) is 0 Å². The number of nitrogens with one attached hydrogen (secondary N) is 1. The van der Waals surface area contributed by atoms with Gasteiger partial charge in [0, 0.05) is 13.1 Å². The Balaban J connectivity index is 1.86. The van der Waals surface area contributed by atoms with Gasteiger partial charge in [0.15, 0.2) is 5.58 Å². The molecule has 24 heavy (non-hydrogen) atoms. The van der Waals surface area contributed by atoms with E-state index in [0.717, 1.165) is 0 Å². The molecule has 7 heteroatoms. The number of nitrogens with zero attached hydrogens (tertiary/aromatic N) is 2. The van der Waals surface area contributed by atoms with Gasteiger partial charge in [-0.15, -0.1) is 0 Å². The van der Waals surface area contributed by atoms with Gasteiger partial charge in [0.2, 0.25) is 5.89 Å². The summed E-state index contributed by atoms with van der Waals surface area (Å²) < 4.78 is 19.4. The zero-order valence-electron chi connectivity index (χ0n) is 12.5. The molecule has 3 aromatic rings. The summed E-state index contributed by atoms with van der Waals surface area (Å²) >= 11 is 5.92. The highest BCUT2D eigenvalue weighted by Gasteiger charge is 2.34. The van der Waals surface area contributed by atoms with Gasteiger partial charge in [-0.2, -0.15) is 0 Å². The number of rotatable bonds is 3. The van der Waals surface area contributed by atoms with Gasteiger partial charge in [-0.05, 0) is 29.8 Å². The summed E-state index contributed by atoms with van der Waals surface area (Å²) in [7, 11) is 0. The number of urea groups is 1. The van der Waals surface area contributed by atoms with Crippen molar-refractivity contribution in [3.8, 4) is 0 Å². The number of amides is 2. The van der Waals surface area contributed by atoms with Crippen LogP contribution in [0, 0.1) is 5.82 Å². The van der Waals surface area contributed by atoms with E-state index in [1.54, 1.807) is 11.0 Å². The number of oxazole rings is 1. The predicted octanol–water partition coefficient (Wildman–Crippen LogP) is 3.73. The van der Waals surface area contributed by atoms with Crippen molar-refractivity contribution in [2.24, 2.45) is 0 Å². The van der Waals surface area contributed by atoms with Crippen LogP contribution in [0.15, 0.2) is 46.9 Å². The molecule has 5 nitrogen and oxygen atoms in total. The standard InChI is InChI=1S/C17H13ClFN3O2/c18-11-9-10(5-6-12(11)19)15(22-8-7-20-17(22)23)16-21-13-3-1-2-4-14(13)24-16/h1-6,9,15H,7-8H2,(H,20,23)/t15-/m0/s1.